The first-order chi connectivity index (χ1) is 32.0. The number of anilines is 5. The zero-order valence-corrected chi connectivity index (χ0v) is 40.0. The van der Waals surface area contributed by atoms with Crippen molar-refractivity contribution in [3.05, 3.63) is 82.1 Å². The van der Waals surface area contributed by atoms with E-state index >= 15 is 0 Å². The van der Waals surface area contributed by atoms with Crippen LogP contribution in [0.3, 0.4) is 0 Å². The molecule has 5 aliphatic rings. The predicted octanol–water partition coefficient (Wildman–Crippen LogP) is 6.22. The molecular weight excluding hydrogens is 896 g/mol. The van der Waals surface area contributed by atoms with Gasteiger partial charge in [0.25, 0.3) is 11.8 Å². The molecule has 4 fully saturated rings. The van der Waals surface area contributed by atoms with Crippen LogP contribution in [0.2, 0.25) is 5.02 Å². The minimum absolute atomic E-state index is 0.0575. The summed E-state index contributed by atoms with van der Waals surface area (Å²) in [4.78, 5) is 72.7. The van der Waals surface area contributed by atoms with E-state index in [0.29, 0.717) is 40.6 Å². The summed E-state index contributed by atoms with van der Waals surface area (Å²) < 4.78 is 32.5. The zero-order valence-electron chi connectivity index (χ0n) is 38.4. The summed E-state index contributed by atoms with van der Waals surface area (Å²) in [5, 5.41) is 8.15. The van der Waals surface area contributed by atoms with Gasteiger partial charge in [-0.05, 0) is 139 Å². The Kier molecular flexibility index (Phi) is 13.0. The average molecular weight is 954 g/mol. The quantitative estimate of drug-likeness (QED) is 0.128. The van der Waals surface area contributed by atoms with Crippen LogP contribution in [0.1, 0.15) is 104 Å². The second-order valence-electron chi connectivity index (χ2n) is 18.8. The summed E-state index contributed by atoms with van der Waals surface area (Å²) in [6.07, 6.45) is 7.20. The van der Waals surface area contributed by atoms with Gasteiger partial charge < -0.3 is 20.3 Å². The van der Waals surface area contributed by atoms with Gasteiger partial charge in [0.1, 0.15) is 27.5 Å². The minimum atomic E-state index is -3.64. The maximum absolute atomic E-state index is 13.4. The summed E-state index contributed by atoms with van der Waals surface area (Å²) in [5.74, 6) is -0.309. The Bertz CT molecular complexity index is 2710. The Morgan fingerprint density at radius 3 is 2.25 bits per heavy atom. The largest absolute Gasteiger partial charge is 0.489 e. The lowest BCUT2D eigenvalue weighted by Crippen LogP contribution is -2.64. The molecule has 7 heterocycles. The molecule has 0 bridgehead atoms. The molecule has 17 nitrogen and oxygen atoms in total. The first-order valence-electron chi connectivity index (χ1n) is 23.2. The van der Waals surface area contributed by atoms with Crippen LogP contribution < -0.4 is 25.6 Å². The van der Waals surface area contributed by atoms with Crippen LogP contribution in [0.25, 0.3) is 0 Å². The van der Waals surface area contributed by atoms with Crippen LogP contribution in [0.5, 0.6) is 5.75 Å². The van der Waals surface area contributed by atoms with Gasteiger partial charge in [-0.25, -0.2) is 18.4 Å². The number of likely N-dealkylation sites (tertiary alicyclic amines) is 2. The SMILES string of the molecule is Cc1cc(Nc2ncc(Cl)c(Nc3ncccc3S(=O)(=O)C(C)C)n2)c(OC(C)C)cc1C1CCN(C2CN(C3CCN(c4ccc5c(c4)C(=O)N(C4CCC(=O)NC4=O)C5=O)CC3)C2)CC1. The number of aromatic nitrogens is 3. The Morgan fingerprint density at radius 2 is 1.55 bits per heavy atom. The molecule has 0 saturated carbocycles. The maximum atomic E-state index is 13.4. The number of benzene rings is 2. The van der Waals surface area contributed by atoms with E-state index in [-0.39, 0.29) is 46.4 Å². The first kappa shape index (κ1) is 46.4. The van der Waals surface area contributed by atoms with Gasteiger partial charge in [0.05, 0.1) is 34.4 Å². The van der Waals surface area contributed by atoms with Crippen molar-refractivity contribution < 1.29 is 32.3 Å². The fourth-order valence-electron chi connectivity index (χ4n) is 10.0. The number of nitrogens with one attached hydrogen (secondary N) is 3. The van der Waals surface area contributed by atoms with E-state index in [9.17, 15) is 27.6 Å². The van der Waals surface area contributed by atoms with Gasteiger partial charge in [0.2, 0.25) is 17.8 Å². The number of halogens is 1. The van der Waals surface area contributed by atoms with Crippen molar-refractivity contribution in [3.63, 3.8) is 0 Å². The summed E-state index contributed by atoms with van der Waals surface area (Å²) in [7, 11) is -3.64. The number of ether oxygens (including phenoxy) is 1. The lowest BCUT2D eigenvalue weighted by Gasteiger charge is -2.52. The topological polar surface area (TPSA) is 199 Å². The molecule has 354 valence electrons. The number of aryl methyl sites for hydroxylation is 1. The van der Waals surface area contributed by atoms with Crippen molar-refractivity contribution >= 4 is 74.0 Å². The number of amides is 4. The van der Waals surface area contributed by atoms with Crippen LogP contribution in [0.15, 0.2) is 59.8 Å². The monoisotopic (exact) mass is 952 g/mol. The number of hydrogen-bond donors (Lipinski definition) is 3. The molecule has 9 rings (SSSR count). The third-order valence-corrected chi connectivity index (χ3v) is 16.3. The highest BCUT2D eigenvalue weighted by atomic mass is 35.5. The summed E-state index contributed by atoms with van der Waals surface area (Å²) >= 11 is 6.51. The normalized spacial score (nSPS) is 20.4. The summed E-state index contributed by atoms with van der Waals surface area (Å²) in [6, 6.07) is 12.7. The molecule has 4 saturated heterocycles. The van der Waals surface area contributed by atoms with E-state index < -0.39 is 44.8 Å². The number of carbonyl (C=O) groups excluding carboxylic acids is 4. The van der Waals surface area contributed by atoms with E-state index in [1.54, 1.807) is 32.0 Å². The second-order valence-corrected chi connectivity index (χ2v) is 21.6. The highest BCUT2D eigenvalue weighted by molar-refractivity contribution is 7.92. The molecule has 2 aromatic heterocycles. The molecule has 0 radical (unpaired) electrons. The summed E-state index contributed by atoms with van der Waals surface area (Å²) in [5.41, 5.74) is 4.62. The Hall–Kier alpha value is -5.69. The van der Waals surface area contributed by atoms with Crippen molar-refractivity contribution in [1.82, 2.24) is 35.0 Å². The van der Waals surface area contributed by atoms with Crippen LogP contribution in [0, 0.1) is 6.92 Å². The number of hydrogen-bond acceptors (Lipinski definition) is 15. The molecule has 0 aliphatic carbocycles. The van der Waals surface area contributed by atoms with E-state index in [2.05, 4.69) is 64.7 Å². The lowest BCUT2D eigenvalue weighted by molar-refractivity contribution is -0.136. The molecule has 2 aromatic carbocycles. The number of fused-ring (bicyclic) bond motifs is 1. The zero-order chi connectivity index (χ0) is 47.3. The number of carbonyl (C=O) groups is 4. The molecule has 19 heteroatoms. The van der Waals surface area contributed by atoms with Crippen molar-refractivity contribution in [2.75, 3.05) is 54.8 Å². The fraction of sp³-hybridized carbons (Fsp3) is 0.479. The van der Waals surface area contributed by atoms with Crippen molar-refractivity contribution in [3.8, 4) is 5.75 Å². The molecule has 1 unspecified atom stereocenters. The lowest BCUT2D eigenvalue weighted by atomic mass is 9.85. The van der Waals surface area contributed by atoms with Gasteiger partial charge in [0, 0.05) is 56.6 Å². The first-order valence-corrected chi connectivity index (χ1v) is 25.1. The minimum Gasteiger partial charge on any atom is -0.489 e. The number of pyridine rings is 1. The Balaban J connectivity index is 0.782. The van der Waals surface area contributed by atoms with Crippen molar-refractivity contribution in [2.45, 2.75) is 113 Å². The third-order valence-electron chi connectivity index (χ3n) is 13.8. The van der Waals surface area contributed by atoms with Crippen molar-refractivity contribution in [2.24, 2.45) is 0 Å². The molecule has 1 atom stereocenters. The van der Waals surface area contributed by atoms with Gasteiger partial charge >= 0.3 is 0 Å². The molecule has 4 amide bonds. The van der Waals surface area contributed by atoms with E-state index in [1.165, 1.54) is 24.0 Å². The third kappa shape index (κ3) is 9.32. The fourth-order valence-corrected chi connectivity index (χ4v) is 11.3. The van der Waals surface area contributed by atoms with Gasteiger partial charge in [-0.1, -0.05) is 11.6 Å². The van der Waals surface area contributed by atoms with Gasteiger partial charge in [0.15, 0.2) is 15.7 Å². The van der Waals surface area contributed by atoms with Crippen LogP contribution in [0.4, 0.5) is 29.0 Å². The molecule has 0 spiro atoms. The number of rotatable bonds is 13. The summed E-state index contributed by atoms with van der Waals surface area (Å²) in [6.45, 7) is 15.2. The number of imide groups is 2. The molecule has 4 aromatic rings. The molecule has 5 aliphatic heterocycles. The van der Waals surface area contributed by atoms with Crippen LogP contribution in [-0.2, 0) is 19.4 Å². The van der Waals surface area contributed by atoms with E-state index in [1.807, 2.05) is 19.9 Å². The molecular formula is C48H57ClN10O7S. The Labute approximate surface area is 395 Å². The highest BCUT2D eigenvalue weighted by Gasteiger charge is 2.45. The second kappa shape index (κ2) is 18.8. The number of sulfone groups is 1. The highest BCUT2D eigenvalue weighted by Crippen LogP contribution is 2.40. The number of nitrogens with zero attached hydrogens (tertiary/aromatic N) is 7. The van der Waals surface area contributed by atoms with Crippen LogP contribution in [-0.4, -0.2) is 130 Å². The van der Waals surface area contributed by atoms with E-state index in [4.69, 9.17) is 16.3 Å². The molecule has 3 N–H and O–H groups in total. The van der Waals surface area contributed by atoms with Gasteiger partial charge in [-0.2, -0.15) is 4.98 Å². The van der Waals surface area contributed by atoms with Gasteiger partial charge in [-0.3, -0.25) is 39.2 Å². The van der Waals surface area contributed by atoms with E-state index in [0.717, 1.165) is 81.1 Å². The molecule has 67 heavy (non-hydrogen) atoms. The predicted molar refractivity (Wildman–Crippen MR) is 254 cm³/mol. The van der Waals surface area contributed by atoms with Crippen LogP contribution >= 0.6 is 11.6 Å². The van der Waals surface area contributed by atoms with Crippen molar-refractivity contribution in [1.29, 1.82) is 0 Å². The average Bonchev–Trinajstić information content (AvgIpc) is 3.53. The van der Waals surface area contributed by atoms with Gasteiger partial charge in [-0.15, -0.1) is 0 Å². The smallest absolute Gasteiger partial charge is 0.262 e. The standard InChI is InChI=1S/C48H57ClN10O7S/c1-27(2)66-40-23-35(29(5)21-38(40)52-48-51-24-37(49)43(55-48)54-44-41(7-6-16-50-44)67(64,65)28(3)4)30-12-17-57(18-13-30)33-25-58(26-33)31-14-19-56(20-15-31)32-8-9-34-36(22-32)47(63)59(46(34)62)39-10-11-42(60)53-45(39)61/h6-9,16,21-24,27-28,30-31,33,39H,10-15,17-20,25-26H2,1-5H3,(H,53,60,61)(H2,50,51,52,54,55). The number of piperidine rings is 3. The maximum Gasteiger partial charge on any atom is 0.262 e. The Morgan fingerprint density at radius 1 is 0.821 bits per heavy atom.